The lowest BCUT2D eigenvalue weighted by atomic mass is 10.0. The molecule has 2 aromatic rings. The van der Waals surface area contributed by atoms with Crippen molar-refractivity contribution in [1.82, 2.24) is 9.78 Å². The van der Waals surface area contributed by atoms with Crippen LogP contribution >= 0.6 is 11.6 Å². The molecule has 1 atom stereocenters. The van der Waals surface area contributed by atoms with Gasteiger partial charge < -0.3 is 9.84 Å². The van der Waals surface area contributed by atoms with Gasteiger partial charge in [-0.05, 0) is 38.5 Å². The number of aryl methyl sites for hydroxylation is 2. The van der Waals surface area contributed by atoms with Crippen LogP contribution in [0.4, 0.5) is 0 Å². The van der Waals surface area contributed by atoms with E-state index < -0.39 is 6.10 Å². The molecule has 0 aliphatic carbocycles. The molecule has 1 aromatic carbocycles. The molecule has 1 N–H and O–H groups in total. The van der Waals surface area contributed by atoms with E-state index in [4.69, 9.17) is 16.3 Å². The van der Waals surface area contributed by atoms with Crippen molar-refractivity contribution in [3.05, 3.63) is 46.2 Å². The van der Waals surface area contributed by atoms with Crippen molar-refractivity contribution < 1.29 is 9.84 Å². The number of aliphatic hydroxyl groups excluding tert-OH is 1. The number of halogens is 1. The summed E-state index contributed by atoms with van der Waals surface area (Å²) in [7, 11) is 1.79. The van der Waals surface area contributed by atoms with Gasteiger partial charge >= 0.3 is 0 Å². The average molecular weight is 309 g/mol. The first-order valence-electron chi connectivity index (χ1n) is 7.01. The molecule has 2 rings (SSSR count). The molecule has 0 aliphatic rings. The Labute approximate surface area is 130 Å². The van der Waals surface area contributed by atoms with Crippen molar-refractivity contribution in [3.8, 4) is 5.75 Å². The second-order valence-electron chi connectivity index (χ2n) is 5.44. The molecule has 0 spiro atoms. The molecule has 0 fully saturated rings. The summed E-state index contributed by atoms with van der Waals surface area (Å²) in [6.07, 6.45) is -0.0996. The van der Waals surface area contributed by atoms with Crippen LogP contribution in [0.5, 0.6) is 5.75 Å². The molecule has 1 heterocycles. The Bertz CT molecular complexity index is 623. The van der Waals surface area contributed by atoms with Crippen LogP contribution in [0.15, 0.2) is 24.3 Å². The van der Waals surface area contributed by atoms with Gasteiger partial charge in [0.15, 0.2) is 0 Å². The molecule has 5 heteroatoms. The smallest absolute Gasteiger partial charge is 0.130 e. The molecule has 4 nitrogen and oxygen atoms in total. The van der Waals surface area contributed by atoms with Crippen LogP contribution in [-0.4, -0.2) is 21.0 Å². The molecule has 1 aromatic heterocycles. The summed E-state index contributed by atoms with van der Waals surface area (Å²) in [6.45, 7) is 5.84. The van der Waals surface area contributed by atoms with E-state index in [1.165, 1.54) is 0 Å². The Kier molecular flexibility index (Phi) is 4.91. The molecule has 0 radical (unpaired) electrons. The maximum Gasteiger partial charge on any atom is 0.130 e. The van der Waals surface area contributed by atoms with Crippen molar-refractivity contribution in [2.45, 2.75) is 39.4 Å². The summed E-state index contributed by atoms with van der Waals surface area (Å²) in [5, 5.41) is 15.3. The number of nitrogens with zero attached hydrogens (tertiary/aromatic N) is 2. The lowest BCUT2D eigenvalue weighted by molar-refractivity contribution is 0.177. The SMILES string of the molecule is Cc1nn(C)c(Cl)c1CC(O)c1cccc(OC(C)C)c1. The fourth-order valence-corrected chi connectivity index (χ4v) is 2.54. The maximum absolute atomic E-state index is 10.4. The molecule has 21 heavy (non-hydrogen) atoms. The summed E-state index contributed by atoms with van der Waals surface area (Å²) in [5.74, 6) is 0.760. The van der Waals surface area contributed by atoms with Gasteiger partial charge in [0.05, 0.1) is 17.9 Å². The van der Waals surface area contributed by atoms with Crippen molar-refractivity contribution >= 4 is 11.6 Å². The summed E-state index contributed by atoms with van der Waals surface area (Å²) in [6, 6.07) is 7.52. The quantitative estimate of drug-likeness (QED) is 0.920. The third kappa shape index (κ3) is 3.77. The lowest BCUT2D eigenvalue weighted by Gasteiger charge is -2.14. The number of ether oxygens (including phenoxy) is 1. The van der Waals surface area contributed by atoms with Gasteiger partial charge in [0.25, 0.3) is 0 Å². The van der Waals surface area contributed by atoms with Gasteiger partial charge in [0, 0.05) is 19.0 Å². The second kappa shape index (κ2) is 6.50. The number of hydrogen-bond acceptors (Lipinski definition) is 3. The topological polar surface area (TPSA) is 47.3 Å². The zero-order valence-corrected chi connectivity index (χ0v) is 13.6. The van der Waals surface area contributed by atoms with E-state index in [9.17, 15) is 5.11 Å². The molecule has 0 bridgehead atoms. The molecular formula is C16H21ClN2O2. The van der Waals surface area contributed by atoms with Crippen LogP contribution in [0.1, 0.15) is 36.8 Å². The van der Waals surface area contributed by atoms with Crippen molar-refractivity contribution in [3.63, 3.8) is 0 Å². The van der Waals surface area contributed by atoms with Gasteiger partial charge in [-0.1, -0.05) is 23.7 Å². The van der Waals surface area contributed by atoms with E-state index in [0.717, 1.165) is 22.6 Å². The summed E-state index contributed by atoms with van der Waals surface area (Å²) < 4.78 is 7.28. The first-order valence-corrected chi connectivity index (χ1v) is 7.39. The normalized spacial score (nSPS) is 12.7. The highest BCUT2D eigenvalue weighted by molar-refractivity contribution is 6.30. The molecule has 0 saturated carbocycles. The number of aliphatic hydroxyl groups is 1. The third-order valence-electron chi connectivity index (χ3n) is 3.28. The fraction of sp³-hybridized carbons (Fsp3) is 0.438. The minimum atomic E-state index is -0.638. The van der Waals surface area contributed by atoms with E-state index in [1.54, 1.807) is 11.7 Å². The first-order chi connectivity index (χ1) is 9.88. The van der Waals surface area contributed by atoms with Crippen LogP contribution in [-0.2, 0) is 13.5 Å². The van der Waals surface area contributed by atoms with Crippen molar-refractivity contribution in [2.75, 3.05) is 0 Å². The fourth-order valence-electron chi connectivity index (χ4n) is 2.28. The van der Waals surface area contributed by atoms with Crippen LogP contribution in [0.25, 0.3) is 0 Å². The highest BCUT2D eigenvalue weighted by Crippen LogP contribution is 2.27. The number of aromatic nitrogens is 2. The zero-order valence-electron chi connectivity index (χ0n) is 12.8. The highest BCUT2D eigenvalue weighted by atomic mass is 35.5. The standard InChI is InChI=1S/C16H21ClN2O2/c1-10(2)21-13-7-5-6-12(8-13)15(20)9-14-11(3)18-19(4)16(14)17/h5-8,10,15,20H,9H2,1-4H3. The van der Waals surface area contributed by atoms with E-state index in [-0.39, 0.29) is 6.10 Å². The minimum absolute atomic E-state index is 0.104. The largest absolute Gasteiger partial charge is 0.491 e. The van der Waals surface area contributed by atoms with Crippen molar-refractivity contribution in [2.24, 2.45) is 7.05 Å². The van der Waals surface area contributed by atoms with E-state index >= 15 is 0 Å². The van der Waals surface area contributed by atoms with Gasteiger partial charge in [-0.2, -0.15) is 5.10 Å². The zero-order chi connectivity index (χ0) is 15.6. The molecule has 0 amide bonds. The Morgan fingerprint density at radius 2 is 2.10 bits per heavy atom. The lowest BCUT2D eigenvalue weighted by Crippen LogP contribution is -2.07. The first kappa shape index (κ1) is 15.9. The minimum Gasteiger partial charge on any atom is -0.491 e. The van der Waals surface area contributed by atoms with Gasteiger partial charge in [-0.15, -0.1) is 0 Å². The summed E-state index contributed by atoms with van der Waals surface area (Å²) >= 11 is 6.21. The second-order valence-corrected chi connectivity index (χ2v) is 5.80. The maximum atomic E-state index is 10.4. The van der Waals surface area contributed by atoms with Gasteiger partial charge in [0.2, 0.25) is 0 Å². The van der Waals surface area contributed by atoms with Crippen LogP contribution in [0.2, 0.25) is 5.15 Å². The Morgan fingerprint density at radius 3 is 2.67 bits per heavy atom. The molecule has 0 saturated heterocycles. The monoisotopic (exact) mass is 308 g/mol. The Morgan fingerprint density at radius 1 is 1.38 bits per heavy atom. The van der Waals surface area contributed by atoms with Gasteiger partial charge in [0.1, 0.15) is 10.9 Å². The van der Waals surface area contributed by atoms with E-state index in [2.05, 4.69) is 5.10 Å². The van der Waals surface area contributed by atoms with Crippen LogP contribution < -0.4 is 4.74 Å². The Hall–Kier alpha value is -1.52. The number of rotatable bonds is 5. The van der Waals surface area contributed by atoms with Gasteiger partial charge in [-0.25, -0.2) is 0 Å². The molecule has 114 valence electrons. The third-order valence-corrected chi connectivity index (χ3v) is 3.75. The number of benzene rings is 1. The highest BCUT2D eigenvalue weighted by Gasteiger charge is 2.17. The van der Waals surface area contributed by atoms with E-state index in [1.807, 2.05) is 45.0 Å². The predicted molar refractivity (Wildman–Crippen MR) is 83.8 cm³/mol. The van der Waals surface area contributed by atoms with Gasteiger partial charge in [-0.3, -0.25) is 4.68 Å². The molecular weight excluding hydrogens is 288 g/mol. The molecule has 1 unspecified atom stereocenters. The molecule has 0 aliphatic heterocycles. The average Bonchev–Trinajstić information content (AvgIpc) is 2.65. The van der Waals surface area contributed by atoms with E-state index in [0.29, 0.717) is 11.6 Å². The van der Waals surface area contributed by atoms with Crippen LogP contribution in [0, 0.1) is 6.92 Å². The Balaban J connectivity index is 2.18. The summed E-state index contributed by atoms with van der Waals surface area (Å²) in [5.41, 5.74) is 2.53. The van der Waals surface area contributed by atoms with Crippen molar-refractivity contribution in [1.29, 1.82) is 0 Å². The summed E-state index contributed by atoms with van der Waals surface area (Å²) in [4.78, 5) is 0. The number of hydrogen-bond donors (Lipinski definition) is 1. The van der Waals surface area contributed by atoms with Crippen LogP contribution in [0.3, 0.4) is 0 Å². The predicted octanol–water partition coefficient (Wildman–Crippen LogP) is 3.45.